The van der Waals surface area contributed by atoms with Gasteiger partial charge in [-0.1, -0.05) is 132 Å². The van der Waals surface area contributed by atoms with Gasteiger partial charge >= 0.3 is 19.8 Å². The maximum absolute atomic E-state index is 12.6. The van der Waals surface area contributed by atoms with Crippen LogP contribution in [-0.4, -0.2) is 65.7 Å². The van der Waals surface area contributed by atoms with Crippen LogP contribution in [0.2, 0.25) is 0 Å². The van der Waals surface area contributed by atoms with E-state index in [4.69, 9.17) is 19.1 Å². The van der Waals surface area contributed by atoms with E-state index < -0.39 is 51.8 Å². The van der Waals surface area contributed by atoms with Crippen molar-refractivity contribution in [2.24, 2.45) is 0 Å². The average molecular weight is 797 g/mol. The zero-order valence-corrected chi connectivity index (χ0v) is 35.3. The lowest BCUT2D eigenvalue weighted by Crippen LogP contribution is -2.29. The molecule has 11 heteroatoms. The van der Waals surface area contributed by atoms with Gasteiger partial charge in [0, 0.05) is 12.8 Å². The molecule has 3 atom stereocenters. The van der Waals surface area contributed by atoms with Crippen molar-refractivity contribution in [2.75, 3.05) is 26.4 Å². The van der Waals surface area contributed by atoms with E-state index in [0.29, 0.717) is 12.8 Å². The standard InChI is InChI=1S/C44H77O10P/c1-3-5-7-9-11-13-15-17-19-20-22-24-26-28-30-32-34-36-44(48)54-42(40-53-55(49,50)52-38-41(46)37-45)39-51-43(47)35-33-31-29-27-25-23-21-18-16-14-12-10-8-6-4-2/h11-14,17-19,21-22,24,41-42,45-46H,3-10,15-16,20,23,25-40H2,1-2H3,(H,49,50)/b13-11-,14-12-,19-17-,21-18-,24-22-/t41-,42+/m0/s1. The lowest BCUT2D eigenvalue weighted by molar-refractivity contribution is -0.161. The van der Waals surface area contributed by atoms with Crippen LogP contribution in [0.25, 0.3) is 0 Å². The number of aliphatic hydroxyl groups excluding tert-OH is 2. The summed E-state index contributed by atoms with van der Waals surface area (Å²) in [6.07, 6.45) is 43.2. The van der Waals surface area contributed by atoms with Crippen LogP contribution in [0.5, 0.6) is 0 Å². The van der Waals surface area contributed by atoms with Gasteiger partial charge in [-0.3, -0.25) is 18.6 Å². The third-order valence-electron chi connectivity index (χ3n) is 8.64. The Kier molecular flexibility index (Phi) is 38.2. The van der Waals surface area contributed by atoms with E-state index >= 15 is 0 Å². The number of carbonyl (C=O) groups is 2. The summed E-state index contributed by atoms with van der Waals surface area (Å²) in [7, 11) is -4.63. The van der Waals surface area contributed by atoms with Gasteiger partial charge < -0.3 is 24.6 Å². The fraction of sp³-hybridized carbons (Fsp3) is 0.727. The zero-order valence-electron chi connectivity index (χ0n) is 34.4. The highest BCUT2D eigenvalue weighted by molar-refractivity contribution is 7.47. The molecule has 0 aliphatic heterocycles. The van der Waals surface area contributed by atoms with Crippen LogP contribution in [0, 0.1) is 0 Å². The molecular formula is C44H77O10P. The Morgan fingerprint density at radius 3 is 1.42 bits per heavy atom. The van der Waals surface area contributed by atoms with Crippen molar-refractivity contribution in [3.05, 3.63) is 60.8 Å². The largest absolute Gasteiger partial charge is 0.472 e. The van der Waals surface area contributed by atoms with Crippen LogP contribution >= 0.6 is 7.82 Å². The van der Waals surface area contributed by atoms with E-state index in [1.54, 1.807) is 0 Å². The maximum Gasteiger partial charge on any atom is 0.472 e. The van der Waals surface area contributed by atoms with E-state index in [-0.39, 0.29) is 19.4 Å². The van der Waals surface area contributed by atoms with E-state index in [2.05, 4.69) is 79.1 Å². The number of phosphoric acid groups is 1. The highest BCUT2D eigenvalue weighted by Crippen LogP contribution is 2.43. The molecule has 0 aliphatic carbocycles. The first kappa shape index (κ1) is 52.7. The van der Waals surface area contributed by atoms with Gasteiger partial charge in [-0.15, -0.1) is 0 Å². The molecule has 0 aliphatic rings. The summed E-state index contributed by atoms with van der Waals surface area (Å²) in [5.41, 5.74) is 0. The van der Waals surface area contributed by atoms with Crippen LogP contribution in [0.3, 0.4) is 0 Å². The molecule has 0 aromatic carbocycles. The van der Waals surface area contributed by atoms with Crippen molar-refractivity contribution in [1.29, 1.82) is 0 Å². The predicted molar refractivity (Wildman–Crippen MR) is 224 cm³/mol. The number of esters is 2. The third-order valence-corrected chi connectivity index (χ3v) is 9.60. The summed E-state index contributed by atoms with van der Waals surface area (Å²) in [5.74, 6) is -0.970. The van der Waals surface area contributed by atoms with E-state index in [9.17, 15) is 24.2 Å². The number of carbonyl (C=O) groups excluding carboxylic acids is 2. The normalized spacial score (nSPS) is 14.5. The first-order valence-electron chi connectivity index (χ1n) is 21.2. The number of hydrogen-bond acceptors (Lipinski definition) is 9. The van der Waals surface area contributed by atoms with Crippen LogP contribution in [-0.2, 0) is 32.7 Å². The van der Waals surface area contributed by atoms with Crippen molar-refractivity contribution in [1.82, 2.24) is 0 Å². The summed E-state index contributed by atoms with van der Waals surface area (Å²) in [4.78, 5) is 35.0. The van der Waals surface area contributed by atoms with Crippen molar-refractivity contribution in [2.45, 2.75) is 180 Å². The summed E-state index contributed by atoms with van der Waals surface area (Å²) in [6, 6.07) is 0. The molecule has 0 bridgehead atoms. The number of hydrogen-bond donors (Lipinski definition) is 3. The Morgan fingerprint density at radius 2 is 0.945 bits per heavy atom. The van der Waals surface area contributed by atoms with Gasteiger partial charge in [-0.05, 0) is 83.5 Å². The molecule has 0 saturated heterocycles. The summed E-state index contributed by atoms with van der Waals surface area (Å²) in [6.45, 7) is 2.27. The van der Waals surface area contributed by atoms with Gasteiger partial charge in [0.2, 0.25) is 0 Å². The molecule has 3 N–H and O–H groups in total. The highest BCUT2D eigenvalue weighted by Gasteiger charge is 2.27. The summed E-state index contributed by atoms with van der Waals surface area (Å²) < 4.78 is 32.7. The van der Waals surface area contributed by atoms with E-state index in [0.717, 1.165) is 89.9 Å². The Hall–Kier alpha value is -2.33. The van der Waals surface area contributed by atoms with Gasteiger partial charge in [-0.25, -0.2) is 4.57 Å². The van der Waals surface area contributed by atoms with E-state index in [1.165, 1.54) is 38.5 Å². The fourth-order valence-corrected chi connectivity index (χ4v) is 6.11. The minimum Gasteiger partial charge on any atom is -0.462 e. The molecule has 55 heavy (non-hydrogen) atoms. The third kappa shape index (κ3) is 39.7. The monoisotopic (exact) mass is 797 g/mol. The van der Waals surface area contributed by atoms with Crippen LogP contribution in [0.1, 0.15) is 168 Å². The molecule has 0 fully saturated rings. The number of rotatable bonds is 39. The highest BCUT2D eigenvalue weighted by atomic mass is 31.2. The lowest BCUT2D eigenvalue weighted by Gasteiger charge is -2.20. The Bertz CT molecular complexity index is 1100. The minimum absolute atomic E-state index is 0.153. The lowest BCUT2D eigenvalue weighted by atomic mass is 10.1. The Labute approximate surface area is 334 Å². The second-order valence-corrected chi connectivity index (χ2v) is 15.5. The molecule has 0 amide bonds. The molecule has 10 nitrogen and oxygen atoms in total. The Morgan fingerprint density at radius 1 is 0.545 bits per heavy atom. The van der Waals surface area contributed by atoms with Crippen molar-refractivity contribution < 1.29 is 47.8 Å². The topological polar surface area (TPSA) is 149 Å². The van der Waals surface area contributed by atoms with E-state index in [1.807, 2.05) is 0 Å². The number of aliphatic hydroxyl groups is 2. The van der Waals surface area contributed by atoms with Crippen molar-refractivity contribution in [3.8, 4) is 0 Å². The second-order valence-electron chi connectivity index (χ2n) is 14.0. The van der Waals surface area contributed by atoms with Gasteiger partial charge in [0.05, 0.1) is 19.8 Å². The van der Waals surface area contributed by atoms with Gasteiger partial charge in [-0.2, -0.15) is 0 Å². The molecular weight excluding hydrogens is 719 g/mol. The number of unbranched alkanes of at least 4 members (excludes halogenated alkanes) is 15. The SMILES string of the molecule is CCCCC/C=C\C/C=C\C/C=C\CCCCCCC(=O)O[C@H](COC(=O)CCCCCCC/C=C\C/C=C\CCCCC)COP(=O)(O)OC[C@@H](O)CO. The summed E-state index contributed by atoms with van der Waals surface area (Å²) in [5, 5.41) is 18.3. The zero-order chi connectivity index (χ0) is 40.5. The predicted octanol–water partition coefficient (Wildman–Crippen LogP) is 11.1. The minimum atomic E-state index is -4.63. The molecule has 0 rings (SSSR count). The number of phosphoric ester groups is 1. The molecule has 1 unspecified atom stereocenters. The van der Waals surface area contributed by atoms with Crippen LogP contribution in [0.4, 0.5) is 0 Å². The molecule has 0 aromatic rings. The maximum atomic E-state index is 12.6. The smallest absolute Gasteiger partial charge is 0.462 e. The number of ether oxygens (including phenoxy) is 2. The van der Waals surface area contributed by atoms with Crippen LogP contribution in [0.15, 0.2) is 60.8 Å². The quantitative estimate of drug-likeness (QED) is 0.0237. The molecule has 0 aromatic heterocycles. The average Bonchev–Trinajstić information content (AvgIpc) is 3.17. The molecule has 0 radical (unpaired) electrons. The van der Waals surface area contributed by atoms with Gasteiger partial charge in [0.25, 0.3) is 0 Å². The fourth-order valence-electron chi connectivity index (χ4n) is 5.32. The molecule has 318 valence electrons. The van der Waals surface area contributed by atoms with Crippen LogP contribution < -0.4 is 0 Å². The Balaban J connectivity index is 4.39. The number of allylic oxidation sites excluding steroid dienone is 10. The van der Waals surface area contributed by atoms with Gasteiger partial charge in [0.15, 0.2) is 6.10 Å². The van der Waals surface area contributed by atoms with Crippen molar-refractivity contribution in [3.63, 3.8) is 0 Å². The summed E-state index contributed by atoms with van der Waals surface area (Å²) >= 11 is 0. The molecule has 0 spiro atoms. The molecule has 0 heterocycles. The van der Waals surface area contributed by atoms with Crippen molar-refractivity contribution >= 4 is 19.8 Å². The molecule has 0 saturated carbocycles. The first-order valence-corrected chi connectivity index (χ1v) is 22.7. The van der Waals surface area contributed by atoms with Gasteiger partial charge in [0.1, 0.15) is 12.7 Å². The first-order chi connectivity index (χ1) is 26.7. The second kappa shape index (κ2) is 39.9.